The number of hydrogen-bond acceptors (Lipinski definition) is 4. The summed E-state index contributed by atoms with van der Waals surface area (Å²) in [4.78, 5) is 15.4. The van der Waals surface area contributed by atoms with E-state index in [9.17, 15) is 9.90 Å². The lowest BCUT2D eigenvalue weighted by Gasteiger charge is -2.06. The molecule has 6 heteroatoms. The summed E-state index contributed by atoms with van der Waals surface area (Å²) in [5.41, 5.74) is 2.21. The largest absolute Gasteiger partial charge is 0.550 e. The van der Waals surface area contributed by atoms with E-state index in [2.05, 4.69) is 4.98 Å². The monoisotopic (exact) mass is 346 g/mol. The second kappa shape index (κ2) is 6.44. The number of para-hydroxylation sites is 2. The van der Waals surface area contributed by atoms with Gasteiger partial charge in [-0.05, 0) is 35.9 Å². The zero-order valence-electron chi connectivity index (χ0n) is 11.8. The van der Waals surface area contributed by atoms with Crippen LogP contribution in [-0.4, -0.2) is 11.0 Å². The minimum atomic E-state index is -1.23. The molecular formula is C17H10Cl2NO3-. The molecule has 0 atom stereocenters. The molecule has 1 heterocycles. The Kier molecular flexibility index (Phi) is 4.37. The van der Waals surface area contributed by atoms with Crippen LogP contribution in [0.1, 0.15) is 17.9 Å². The number of halogens is 2. The number of carboxylic acids is 1. The zero-order chi connectivity index (χ0) is 16.4. The van der Waals surface area contributed by atoms with E-state index in [0.29, 0.717) is 32.3 Å². The molecule has 116 valence electrons. The molecular weight excluding hydrogens is 337 g/mol. The highest BCUT2D eigenvalue weighted by molar-refractivity contribution is 6.35. The number of benzene rings is 2. The highest BCUT2D eigenvalue weighted by Gasteiger charge is 2.12. The number of rotatable bonds is 4. The van der Waals surface area contributed by atoms with Gasteiger partial charge in [0.25, 0.3) is 0 Å². The van der Waals surface area contributed by atoms with Crippen molar-refractivity contribution in [3.63, 3.8) is 0 Å². The van der Waals surface area contributed by atoms with E-state index in [-0.39, 0.29) is 12.3 Å². The van der Waals surface area contributed by atoms with Gasteiger partial charge in [0, 0.05) is 28.0 Å². The van der Waals surface area contributed by atoms with Gasteiger partial charge in [-0.1, -0.05) is 41.4 Å². The molecule has 0 aliphatic rings. The lowest BCUT2D eigenvalue weighted by atomic mass is 10.1. The quantitative estimate of drug-likeness (QED) is 0.720. The average Bonchev–Trinajstić information content (AvgIpc) is 2.92. The SMILES string of the molecule is O=C([O-])C/C(=C\c1ccc(Cl)cc1Cl)c1nc2ccccc2o1. The Morgan fingerprint density at radius 2 is 2.00 bits per heavy atom. The van der Waals surface area contributed by atoms with Gasteiger partial charge in [-0.25, -0.2) is 4.98 Å². The van der Waals surface area contributed by atoms with Gasteiger partial charge in [0.05, 0.1) is 0 Å². The fourth-order valence-electron chi connectivity index (χ4n) is 2.16. The number of nitrogens with zero attached hydrogens (tertiary/aromatic N) is 1. The lowest BCUT2D eigenvalue weighted by molar-refractivity contribution is -0.304. The molecule has 0 aliphatic carbocycles. The van der Waals surface area contributed by atoms with Crippen molar-refractivity contribution < 1.29 is 14.3 Å². The Hall–Kier alpha value is -2.30. The van der Waals surface area contributed by atoms with Crippen molar-refractivity contribution in [3.05, 3.63) is 64.0 Å². The second-order valence-electron chi connectivity index (χ2n) is 4.87. The maximum atomic E-state index is 11.1. The number of oxazole rings is 1. The molecule has 0 amide bonds. The van der Waals surface area contributed by atoms with Gasteiger partial charge in [-0.2, -0.15) is 0 Å². The third-order valence-electron chi connectivity index (χ3n) is 3.20. The highest BCUT2D eigenvalue weighted by Crippen LogP contribution is 2.28. The molecule has 1 aromatic heterocycles. The van der Waals surface area contributed by atoms with Crippen LogP contribution in [0.4, 0.5) is 0 Å². The third kappa shape index (κ3) is 3.55. The molecule has 0 spiro atoms. The van der Waals surface area contributed by atoms with Gasteiger partial charge in [-0.15, -0.1) is 0 Å². The van der Waals surface area contributed by atoms with E-state index in [1.54, 1.807) is 36.4 Å². The molecule has 0 N–H and O–H groups in total. The summed E-state index contributed by atoms with van der Waals surface area (Å²) in [5, 5.41) is 12.0. The fraction of sp³-hybridized carbons (Fsp3) is 0.0588. The van der Waals surface area contributed by atoms with Crippen LogP contribution in [-0.2, 0) is 4.79 Å². The average molecular weight is 347 g/mol. The second-order valence-corrected chi connectivity index (χ2v) is 5.71. The minimum Gasteiger partial charge on any atom is -0.550 e. The molecule has 4 nitrogen and oxygen atoms in total. The molecule has 0 unspecified atom stereocenters. The van der Waals surface area contributed by atoms with Crippen molar-refractivity contribution in [2.75, 3.05) is 0 Å². The Balaban J connectivity index is 2.09. The molecule has 3 rings (SSSR count). The van der Waals surface area contributed by atoms with Crippen molar-refractivity contribution in [1.82, 2.24) is 4.98 Å². The van der Waals surface area contributed by atoms with Crippen LogP contribution in [0, 0.1) is 0 Å². The van der Waals surface area contributed by atoms with Crippen LogP contribution < -0.4 is 5.11 Å². The summed E-state index contributed by atoms with van der Waals surface area (Å²) in [6.07, 6.45) is 1.27. The summed E-state index contributed by atoms with van der Waals surface area (Å²) < 4.78 is 5.63. The van der Waals surface area contributed by atoms with E-state index in [1.165, 1.54) is 0 Å². The Labute approximate surface area is 142 Å². The molecule has 3 aromatic rings. The minimum absolute atomic E-state index is 0.224. The Bertz CT molecular complexity index is 882. The van der Waals surface area contributed by atoms with Gasteiger partial charge in [0.2, 0.25) is 5.89 Å². The first kappa shape index (κ1) is 15.6. The predicted octanol–water partition coefficient (Wildman–Crippen LogP) is 3.82. The summed E-state index contributed by atoms with van der Waals surface area (Å²) in [7, 11) is 0. The summed E-state index contributed by atoms with van der Waals surface area (Å²) in [5.74, 6) is -1.01. The lowest BCUT2D eigenvalue weighted by Crippen LogP contribution is -2.22. The van der Waals surface area contributed by atoms with Gasteiger partial charge >= 0.3 is 0 Å². The van der Waals surface area contributed by atoms with Crippen molar-refractivity contribution in [2.45, 2.75) is 6.42 Å². The number of carboxylic acid groups (broad SMARTS) is 1. The maximum absolute atomic E-state index is 11.1. The topological polar surface area (TPSA) is 66.2 Å². The molecule has 0 bridgehead atoms. The van der Waals surface area contributed by atoms with Crippen molar-refractivity contribution >= 4 is 51.9 Å². The molecule has 23 heavy (non-hydrogen) atoms. The molecule has 0 saturated heterocycles. The molecule has 0 fully saturated rings. The van der Waals surface area contributed by atoms with E-state index in [1.807, 2.05) is 12.1 Å². The number of carbonyl (C=O) groups is 1. The van der Waals surface area contributed by atoms with Crippen LogP contribution in [0.2, 0.25) is 10.0 Å². The number of aromatic nitrogens is 1. The van der Waals surface area contributed by atoms with Crippen LogP contribution in [0.3, 0.4) is 0 Å². The summed E-state index contributed by atoms with van der Waals surface area (Å²) in [6.45, 7) is 0. The van der Waals surface area contributed by atoms with Crippen LogP contribution in [0.5, 0.6) is 0 Å². The van der Waals surface area contributed by atoms with Crippen LogP contribution >= 0.6 is 23.2 Å². The number of carbonyl (C=O) groups excluding carboxylic acids is 1. The number of aliphatic carboxylic acids is 1. The van der Waals surface area contributed by atoms with Crippen molar-refractivity contribution in [2.24, 2.45) is 0 Å². The molecule has 0 aliphatic heterocycles. The Morgan fingerprint density at radius 3 is 2.70 bits per heavy atom. The maximum Gasteiger partial charge on any atom is 0.223 e. The first-order chi connectivity index (χ1) is 11.0. The smallest absolute Gasteiger partial charge is 0.223 e. The highest BCUT2D eigenvalue weighted by atomic mass is 35.5. The van der Waals surface area contributed by atoms with Gasteiger partial charge in [0.15, 0.2) is 5.58 Å². The van der Waals surface area contributed by atoms with Crippen LogP contribution in [0.25, 0.3) is 22.7 Å². The van der Waals surface area contributed by atoms with E-state index >= 15 is 0 Å². The van der Waals surface area contributed by atoms with Gasteiger partial charge in [-0.3, -0.25) is 0 Å². The fourth-order valence-corrected chi connectivity index (χ4v) is 2.62. The number of fused-ring (bicyclic) bond motifs is 1. The Morgan fingerprint density at radius 1 is 1.22 bits per heavy atom. The standard InChI is InChI=1S/C17H11Cl2NO3/c18-12-6-5-10(13(19)9-12)7-11(8-16(21)22)17-20-14-3-1-2-4-15(14)23-17/h1-7,9H,8H2,(H,21,22)/p-1/b11-7+. The first-order valence-corrected chi connectivity index (χ1v) is 7.50. The van der Waals surface area contributed by atoms with E-state index in [4.69, 9.17) is 27.6 Å². The summed E-state index contributed by atoms with van der Waals surface area (Å²) in [6, 6.07) is 12.1. The van der Waals surface area contributed by atoms with Gasteiger partial charge < -0.3 is 14.3 Å². The van der Waals surface area contributed by atoms with Crippen LogP contribution in [0.15, 0.2) is 46.9 Å². The molecule has 2 aromatic carbocycles. The number of hydrogen-bond donors (Lipinski definition) is 0. The summed E-state index contributed by atoms with van der Waals surface area (Å²) >= 11 is 12.0. The molecule has 0 radical (unpaired) electrons. The third-order valence-corrected chi connectivity index (χ3v) is 3.76. The van der Waals surface area contributed by atoms with Gasteiger partial charge in [0.1, 0.15) is 5.52 Å². The zero-order valence-corrected chi connectivity index (χ0v) is 13.3. The van der Waals surface area contributed by atoms with Crippen molar-refractivity contribution in [3.8, 4) is 0 Å². The van der Waals surface area contributed by atoms with E-state index < -0.39 is 5.97 Å². The van der Waals surface area contributed by atoms with Crippen molar-refractivity contribution in [1.29, 1.82) is 0 Å². The first-order valence-electron chi connectivity index (χ1n) is 6.74. The molecule has 0 saturated carbocycles. The normalized spacial score (nSPS) is 11.8. The van der Waals surface area contributed by atoms with E-state index in [0.717, 1.165) is 0 Å². The predicted molar refractivity (Wildman–Crippen MR) is 88.0 cm³/mol.